The van der Waals surface area contributed by atoms with E-state index >= 15 is 0 Å². The molecule has 1 aromatic rings. The summed E-state index contributed by atoms with van der Waals surface area (Å²) < 4.78 is 0.973. The smallest absolute Gasteiger partial charge is 0.224 e. The molecule has 1 aliphatic heterocycles. The summed E-state index contributed by atoms with van der Waals surface area (Å²) >= 11 is 13.8. The molecule has 0 aromatic heterocycles. The maximum Gasteiger partial charge on any atom is 0.224 e. The van der Waals surface area contributed by atoms with Gasteiger partial charge in [-0.2, -0.15) is 12.6 Å². The van der Waals surface area contributed by atoms with Crippen molar-refractivity contribution in [2.24, 2.45) is 0 Å². The Hall–Kier alpha value is -0.190. The van der Waals surface area contributed by atoms with Crippen LogP contribution < -0.4 is 0 Å². The van der Waals surface area contributed by atoms with Crippen molar-refractivity contribution in [1.82, 2.24) is 4.90 Å². The summed E-state index contributed by atoms with van der Waals surface area (Å²) in [7, 11) is 0. The Morgan fingerprint density at radius 2 is 2.31 bits per heavy atom. The van der Waals surface area contributed by atoms with E-state index in [1.165, 1.54) is 0 Å². The van der Waals surface area contributed by atoms with E-state index in [0.29, 0.717) is 24.5 Å². The lowest BCUT2D eigenvalue weighted by atomic mass is 10.2. The molecule has 5 heteroatoms. The van der Waals surface area contributed by atoms with Crippen LogP contribution in [0.3, 0.4) is 0 Å². The molecule has 0 aliphatic carbocycles. The van der Waals surface area contributed by atoms with E-state index in [9.17, 15) is 4.79 Å². The van der Waals surface area contributed by atoms with Gasteiger partial charge in [0.1, 0.15) is 0 Å². The topological polar surface area (TPSA) is 20.3 Å². The zero-order chi connectivity index (χ0) is 11.7. The molecule has 1 saturated heterocycles. The monoisotopic (exact) mass is 319 g/mol. The largest absolute Gasteiger partial charge is 0.337 e. The summed E-state index contributed by atoms with van der Waals surface area (Å²) in [5.41, 5.74) is 0.965. The maximum absolute atomic E-state index is 11.6. The van der Waals surface area contributed by atoms with Crippen LogP contribution in [0.1, 0.15) is 12.0 Å². The molecule has 86 valence electrons. The molecular weight excluding hydrogens is 310 g/mol. The number of hydrogen-bond donors (Lipinski definition) is 1. The SMILES string of the molecule is O=C1CC(S)CN1Cc1cc(Br)ccc1Cl. The van der Waals surface area contributed by atoms with Crippen molar-refractivity contribution in [3.8, 4) is 0 Å². The fraction of sp³-hybridized carbons (Fsp3) is 0.364. The third kappa shape index (κ3) is 2.73. The number of nitrogens with zero attached hydrogens (tertiary/aromatic N) is 1. The van der Waals surface area contributed by atoms with Gasteiger partial charge in [-0.05, 0) is 23.8 Å². The molecule has 0 saturated carbocycles. The van der Waals surface area contributed by atoms with Crippen molar-refractivity contribution >= 4 is 46.1 Å². The van der Waals surface area contributed by atoms with Crippen LogP contribution in [0.15, 0.2) is 22.7 Å². The first-order valence-electron chi connectivity index (χ1n) is 4.96. The predicted octanol–water partition coefficient (Wildman–Crippen LogP) is 3.13. The first kappa shape index (κ1) is 12.3. The summed E-state index contributed by atoms with van der Waals surface area (Å²) in [6, 6.07) is 5.67. The lowest BCUT2D eigenvalue weighted by molar-refractivity contribution is -0.128. The molecule has 1 amide bonds. The molecule has 2 rings (SSSR count). The fourth-order valence-electron chi connectivity index (χ4n) is 1.77. The summed E-state index contributed by atoms with van der Waals surface area (Å²) in [6.45, 7) is 1.26. The predicted molar refractivity (Wildman–Crippen MR) is 72.0 cm³/mol. The van der Waals surface area contributed by atoms with Gasteiger partial charge in [0.2, 0.25) is 5.91 Å². The minimum absolute atomic E-state index is 0.149. The van der Waals surface area contributed by atoms with Crippen LogP contribution in [0.5, 0.6) is 0 Å². The van der Waals surface area contributed by atoms with E-state index < -0.39 is 0 Å². The molecule has 0 spiro atoms. The first-order chi connectivity index (χ1) is 7.56. The van der Waals surface area contributed by atoms with E-state index in [0.717, 1.165) is 10.0 Å². The van der Waals surface area contributed by atoms with Gasteiger partial charge in [-0.15, -0.1) is 0 Å². The van der Waals surface area contributed by atoms with Crippen molar-refractivity contribution < 1.29 is 4.79 Å². The van der Waals surface area contributed by atoms with Gasteiger partial charge >= 0.3 is 0 Å². The van der Waals surface area contributed by atoms with Gasteiger partial charge in [-0.25, -0.2) is 0 Å². The molecule has 0 radical (unpaired) electrons. The van der Waals surface area contributed by atoms with Crippen LogP contribution in [-0.2, 0) is 11.3 Å². The average molecular weight is 321 g/mol. The molecule has 1 heterocycles. The minimum atomic E-state index is 0.149. The highest BCUT2D eigenvalue weighted by molar-refractivity contribution is 9.10. The molecule has 1 fully saturated rings. The van der Waals surface area contributed by atoms with Crippen molar-refractivity contribution in [3.05, 3.63) is 33.3 Å². The molecule has 1 aromatic carbocycles. The lowest BCUT2D eigenvalue weighted by Gasteiger charge is -2.17. The number of halogens is 2. The van der Waals surface area contributed by atoms with E-state index in [1.54, 1.807) is 4.90 Å². The van der Waals surface area contributed by atoms with Crippen molar-refractivity contribution in [2.75, 3.05) is 6.54 Å². The molecule has 0 N–H and O–H groups in total. The van der Waals surface area contributed by atoms with Crippen LogP contribution in [-0.4, -0.2) is 22.6 Å². The van der Waals surface area contributed by atoms with Gasteiger partial charge in [-0.3, -0.25) is 4.79 Å². The Morgan fingerprint density at radius 1 is 1.56 bits per heavy atom. The molecule has 0 bridgehead atoms. The quantitative estimate of drug-likeness (QED) is 0.830. The van der Waals surface area contributed by atoms with E-state index in [1.807, 2.05) is 18.2 Å². The van der Waals surface area contributed by atoms with Crippen molar-refractivity contribution in [2.45, 2.75) is 18.2 Å². The highest BCUT2D eigenvalue weighted by atomic mass is 79.9. The first-order valence-corrected chi connectivity index (χ1v) is 6.65. The normalized spacial score (nSPS) is 20.6. The standard InChI is InChI=1S/C11H11BrClNOS/c12-8-1-2-10(13)7(3-8)5-14-6-9(16)4-11(14)15/h1-3,9,16H,4-6H2. The summed E-state index contributed by atoms with van der Waals surface area (Å²) in [6.07, 6.45) is 0.523. The Morgan fingerprint density at radius 3 is 2.94 bits per heavy atom. The average Bonchev–Trinajstić information content (AvgIpc) is 2.51. The number of thiol groups is 1. The minimum Gasteiger partial charge on any atom is -0.337 e. The second-order valence-electron chi connectivity index (χ2n) is 3.87. The van der Waals surface area contributed by atoms with E-state index in [4.69, 9.17) is 11.6 Å². The summed E-state index contributed by atoms with van der Waals surface area (Å²) in [5, 5.41) is 0.844. The third-order valence-corrected chi connectivity index (χ3v) is 3.77. The lowest BCUT2D eigenvalue weighted by Crippen LogP contribution is -2.24. The molecule has 1 atom stereocenters. The summed E-state index contributed by atoms with van der Waals surface area (Å²) in [5.74, 6) is 0.149. The fourth-order valence-corrected chi connectivity index (χ4v) is 2.71. The Labute approximate surface area is 113 Å². The van der Waals surface area contributed by atoms with E-state index in [2.05, 4.69) is 28.6 Å². The number of benzene rings is 1. The van der Waals surface area contributed by atoms with Gasteiger partial charge in [0.25, 0.3) is 0 Å². The van der Waals surface area contributed by atoms with Crippen molar-refractivity contribution in [1.29, 1.82) is 0 Å². The molecule has 1 unspecified atom stereocenters. The van der Waals surface area contributed by atoms with E-state index in [-0.39, 0.29) is 11.2 Å². The van der Waals surface area contributed by atoms with Crippen LogP contribution in [0, 0.1) is 0 Å². The summed E-state index contributed by atoms with van der Waals surface area (Å²) in [4.78, 5) is 13.4. The Balaban J connectivity index is 2.15. The molecular formula is C11H11BrClNOS. The number of carbonyl (C=O) groups is 1. The zero-order valence-corrected chi connectivity index (χ0v) is 11.7. The van der Waals surface area contributed by atoms with Crippen LogP contribution >= 0.6 is 40.2 Å². The highest BCUT2D eigenvalue weighted by Crippen LogP contribution is 2.25. The van der Waals surface area contributed by atoms with Crippen LogP contribution in [0.4, 0.5) is 0 Å². The van der Waals surface area contributed by atoms with Gasteiger partial charge < -0.3 is 4.90 Å². The number of carbonyl (C=O) groups excluding carboxylic acids is 1. The van der Waals surface area contributed by atoms with Crippen molar-refractivity contribution in [3.63, 3.8) is 0 Å². The second-order valence-corrected chi connectivity index (χ2v) is 5.92. The maximum atomic E-state index is 11.6. The Bertz CT molecular complexity index is 426. The number of hydrogen-bond acceptors (Lipinski definition) is 2. The van der Waals surface area contributed by atoms with Gasteiger partial charge in [0.05, 0.1) is 0 Å². The molecule has 1 aliphatic rings. The van der Waals surface area contributed by atoms with Gasteiger partial charge in [0, 0.05) is 34.3 Å². The zero-order valence-electron chi connectivity index (χ0n) is 8.49. The number of rotatable bonds is 2. The highest BCUT2D eigenvalue weighted by Gasteiger charge is 2.27. The second kappa shape index (κ2) is 4.98. The molecule has 16 heavy (non-hydrogen) atoms. The van der Waals surface area contributed by atoms with Gasteiger partial charge in [-0.1, -0.05) is 27.5 Å². The number of amides is 1. The van der Waals surface area contributed by atoms with Crippen LogP contribution in [0.25, 0.3) is 0 Å². The third-order valence-electron chi connectivity index (χ3n) is 2.56. The Kier molecular flexibility index (Phi) is 3.82. The molecule has 2 nitrogen and oxygen atoms in total. The van der Waals surface area contributed by atoms with Crippen LogP contribution in [0.2, 0.25) is 5.02 Å². The number of likely N-dealkylation sites (tertiary alicyclic amines) is 1. The van der Waals surface area contributed by atoms with Gasteiger partial charge in [0.15, 0.2) is 0 Å².